The molecule has 3 nitrogen and oxygen atoms in total. The lowest BCUT2D eigenvalue weighted by atomic mass is 9.66. The first-order valence-electron chi connectivity index (χ1n) is 6.72. The van der Waals surface area contributed by atoms with Crippen LogP contribution in [0.25, 0.3) is 0 Å². The Balaban J connectivity index is 1.90. The maximum Gasteiger partial charge on any atom is 0.0673 e. The number of piperidine rings is 2. The minimum atomic E-state index is -0.0551. The fourth-order valence-corrected chi connectivity index (χ4v) is 4.36. The molecule has 3 heteroatoms. The molecule has 1 N–H and O–H groups in total. The summed E-state index contributed by atoms with van der Waals surface area (Å²) in [6.07, 6.45) is 1.12. The van der Waals surface area contributed by atoms with E-state index in [2.05, 4.69) is 23.6 Å². The second-order valence-corrected chi connectivity index (χ2v) is 6.64. The van der Waals surface area contributed by atoms with Crippen LogP contribution < -0.4 is 0 Å². The zero-order valence-corrected chi connectivity index (χ0v) is 10.5. The average molecular weight is 224 g/mol. The van der Waals surface area contributed by atoms with E-state index in [-0.39, 0.29) is 11.5 Å². The van der Waals surface area contributed by atoms with Crippen molar-refractivity contribution < 1.29 is 5.11 Å². The lowest BCUT2D eigenvalue weighted by Gasteiger charge is -2.54. The fourth-order valence-electron chi connectivity index (χ4n) is 4.36. The van der Waals surface area contributed by atoms with Crippen molar-refractivity contribution in [3.63, 3.8) is 0 Å². The molecule has 3 unspecified atom stereocenters. The van der Waals surface area contributed by atoms with E-state index in [9.17, 15) is 5.11 Å². The van der Waals surface area contributed by atoms with Gasteiger partial charge in [0.25, 0.3) is 0 Å². The van der Waals surface area contributed by atoms with Gasteiger partial charge in [0.05, 0.1) is 6.10 Å². The number of nitrogens with zero attached hydrogens (tertiary/aromatic N) is 2. The Kier molecular flexibility index (Phi) is 2.54. The van der Waals surface area contributed by atoms with E-state index in [4.69, 9.17) is 0 Å². The minimum absolute atomic E-state index is 0.0551. The van der Waals surface area contributed by atoms with Gasteiger partial charge in [0, 0.05) is 50.6 Å². The van der Waals surface area contributed by atoms with Crippen molar-refractivity contribution in [3.8, 4) is 0 Å². The second-order valence-electron chi connectivity index (χ2n) is 6.64. The zero-order chi connectivity index (χ0) is 11.3. The molecule has 4 saturated heterocycles. The Hall–Kier alpha value is -0.120. The van der Waals surface area contributed by atoms with Crippen molar-refractivity contribution in [2.75, 3.05) is 39.3 Å². The molecule has 4 rings (SSSR count). The Morgan fingerprint density at radius 1 is 1.19 bits per heavy atom. The second kappa shape index (κ2) is 3.69. The molecule has 0 radical (unpaired) electrons. The van der Waals surface area contributed by atoms with Crippen LogP contribution in [-0.2, 0) is 0 Å². The van der Waals surface area contributed by atoms with E-state index >= 15 is 0 Å². The first-order valence-corrected chi connectivity index (χ1v) is 6.72. The van der Waals surface area contributed by atoms with E-state index < -0.39 is 0 Å². The first kappa shape index (κ1) is 11.0. The molecule has 0 aromatic carbocycles. The van der Waals surface area contributed by atoms with Crippen molar-refractivity contribution >= 4 is 0 Å². The highest BCUT2D eigenvalue weighted by Gasteiger charge is 2.53. The Labute approximate surface area is 98.4 Å². The molecule has 3 atom stereocenters. The minimum Gasteiger partial charge on any atom is -0.392 e. The van der Waals surface area contributed by atoms with E-state index in [1.807, 2.05) is 0 Å². The molecular weight excluding hydrogens is 200 g/mol. The van der Waals surface area contributed by atoms with Crippen molar-refractivity contribution in [1.29, 1.82) is 0 Å². The average Bonchev–Trinajstić information content (AvgIpc) is 2.41. The van der Waals surface area contributed by atoms with Crippen molar-refractivity contribution in [2.45, 2.75) is 26.4 Å². The summed E-state index contributed by atoms with van der Waals surface area (Å²) in [7, 11) is 0. The SMILES string of the molecule is CC(C)CC12CN3CCN(CC(C3)C1O)C2. The Morgan fingerprint density at radius 3 is 2.25 bits per heavy atom. The summed E-state index contributed by atoms with van der Waals surface area (Å²) in [5.74, 6) is 1.19. The van der Waals surface area contributed by atoms with Gasteiger partial charge < -0.3 is 14.9 Å². The van der Waals surface area contributed by atoms with E-state index in [0.717, 1.165) is 26.2 Å². The number of hydrogen-bond donors (Lipinski definition) is 1. The third-order valence-corrected chi connectivity index (χ3v) is 4.68. The molecule has 0 aliphatic carbocycles. The molecule has 0 saturated carbocycles. The number of aliphatic hydroxyl groups excluding tert-OH is 1. The molecule has 16 heavy (non-hydrogen) atoms. The normalized spacial score (nSPS) is 51.0. The largest absolute Gasteiger partial charge is 0.392 e. The van der Waals surface area contributed by atoms with Crippen LogP contribution in [0.5, 0.6) is 0 Å². The first-order chi connectivity index (χ1) is 7.59. The molecule has 0 aromatic heterocycles. The predicted octanol–water partition coefficient (Wildman–Crippen LogP) is 0.641. The molecule has 4 aliphatic rings. The van der Waals surface area contributed by atoms with E-state index in [1.165, 1.54) is 19.5 Å². The molecule has 4 bridgehead atoms. The highest BCUT2D eigenvalue weighted by molar-refractivity contribution is 5.06. The molecule has 0 amide bonds. The van der Waals surface area contributed by atoms with Gasteiger partial charge in [0.15, 0.2) is 0 Å². The monoisotopic (exact) mass is 224 g/mol. The predicted molar refractivity (Wildman–Crippen MR) is 64.3 cm³/mol. The smallest absolute Gasteiger partial charge is 0.0673 e. The molecule has 4 fully saturated rings. The third-order valence-electron chi connectivity index (χ3n) is 4.68. The highest BCUT2D eigenvalue weighted by Crippen LogP contribution is 2.44. The van der Waals surface area contributed by atoms with Gasteiger partial charge in [-0.3, -0.25) is 0 Å². The summed E-state index contributed by atoms with van der Waals surface area (Å²) in [6.45, 7) is 11.5. The van der Waals surface area contributed by atoms with Crippen LogP contribution in [0.15, 0.2) is 0 Å². The molecule has 92 valence electrons. The van der Waals surface area contributed by atoms with E-state index in [0.29, 0.717) is 11.8 Å². The Morgan fingerprint density at radius 2 is 1.75 bits per heavy atom. The maximum atomic E-state index is 10.6. The number of aliphatic hydroxyl groups is 1. The summed E-state index contributed by atoms with van der Waals surface area (Å²) >= 11 is 0. The van der Waals surface area contributed by atoms with Crippen molar-refractivity contribution in [2.24, 2.45) is 17.3 Å². The van der Waals surface area contributed by atoms with Crippen molar-refractivity contribution in [1.82, 2.24) is 9.80 Å². The van der Waals surface area contributed by atoms with Crippen LogP contribution >= 0.6 is 0 Å². The summed E-state index contributed by atoms with van der Waals surface area (Å²) in [5, 5.41) is 10.6. The topological polar surface area (TPSA) is 26.7 Å². The zero-order valence-electron chi connectivity index (χ0n) is 10.5. The van der Waals surface area contributed by atoms with Gasteiger partial charge in [-0.25, -0.2) is 0 Å². The van der Waals surface area contributed by atoms with Crippen LogP contribution in [0, 0.1) is 17.3 Å². The summed E-state index contributed by atoms with van der Waals surface area (Å²) in [5.41, 5.74) is 0.172. The van der Waals surface area contributed by atoms with Gasteiger partial charge in [-0.15, -0.1) is 0 Å². The summed E-state index contributed by atoms with van der Waals surface area (Å²) in [4.78, 5) is 5.18. The summed E-state index contributed by atoms with van der Waals surface area (Å²) < 4.78 is 0. The Bertz CT molecular complexity index is 263. The van der Waals surface area contributed by atoms with Gasteiger partial charge in [-0.1, -0.05) is 13.8 Å². The van der Waals surface area contributed by atoms with Crippen molar-refractivity contribution in [3.05, 3.63) is 0 Å². The standard InChI is InChI=1S/C13H24N2O/c1-10(2)5-13-8-14-3-4-15(9-13)7-11(6-14)12(13)16/h10-12,16H,3-9H2,1-2H3. The lowest BCUT2D eigenvalue weighted by Crippen LogP contribution is -2.63. The molecule has 4 aliphatic heterocycles. The number of rotatable bonds is 2. The van der Waals surface area contributed by atoms with Crippen LogP contribution in [0.3, 0.4) is 0 Å². The molecule has 0 aromatic rings. The van der Waals surface area contributed by atoms with Gasteiger partial charge in [0.1, 0.15) is 0 Å². The number of fused-ring (bicyclic) bond motifs is 1. The van der Waals surface area contributed by atoms with Crippen LogP contribution in [-0.4, -0.2) is 60.3 Å². The van der Waals surface area contributed by atoms with Crippen LogP contribution in [0.4, 0.5) is 0 Å². The number of hydrogen-bond acceptors (Lipinski definition) is 3. The molecular formula is C13H24N2O. The van der Waals surface area contributed by atoms with Gasteiger partial charge in [-0.2, -0.15) is 0 Å². The van der Waals surface area contributed by atoms with Gasteiger partial charge >= 0.3 is 0 Å². The summed E-state index contributed by atoms with van der Waals surface area (Å²) in [6, 6.07) is 0. The van der Waals surface area contributed by atoms with Gasteiger partial charge in [0.2, 0.25) is 0 Å². The highest BCUT2D eigenvalue weighted by atomic mass is 16.3. The molecule has 4 heterocycles. The van der Waals surface area contributed by atoms with E-state index in [1.54, 1.807) is 0 Å². The lowest BCUT2D eigenvalue weighted by molar-refractivity contribution is -0.124. The fraction of sp³-hybridized carbons (Fsp3) is 1.00. The van der Waals surface area contributed by atoms with Gasteiger partial charge in [-0.05, 0) is 12.3 Å². The quantitative estimate of drug-likeness (QED) is 0.746. The van der Waals surface area contributed by atoms with Crippen LogP contribution in [0.1, 0.15) is 20.3 Å². The van der Waals surface area contributed by atoms with Crippen LogP contribution in [0.2, 0.25) is 0 Å². The molecule has 0 spiro atoms. The third kappa shape index (κ3) is 1.60. The maximum absolute atomic E-state index is 10.6.